The van der Waals surface area contributed by atoms with Crippen molar-refractivity contribution in [2.75, 3.05) is 20.8 Å². The fourth-order valence-electron chi connectivity index (χ4n) is 3.93. The molecular formula is C28H25NO6. The number of benzene rings is 3. The van der Waals surface area contributed by atoms with Crippen molar-refractivity contribution in [1.82, 2.24) is 4.98 Å². The van der Waals surface area contributed by atoms with Crippen molar-refractivity contribution in [3.8, 4) is 22.6 Å². The molecule has 0 spiro atoms. The van der Waals surface area contributed by atoms with Gasteiger partial charge in [0.2, 0.25) is 0 Å². The highest BCUT2D eigenvalue weighted by molar-refractivity contribution is 6.15. The standard InChI is InChI=1S/C28H25NO6/c1-4-34-24-16-21-20(15-23(24)35-17-18-8-6-5-7-9-18)14-22(27(30)32-2)26(28(31)33-3)25(21)19-10-12-29-13-11-19/h5-16H,4,17H2,1-3H3. The van der Waals surface area contributed by atoms with Gasteiger partial charge in [-0.15, -0.1) is 0 Å². The van der Waals surface area contributed by atoms with E-state index in [1.807, 2.05) is 43.3 Å². The molecule has 1 heterocycles. The highest BCUT2D eigenvalue weighted by Crippen LogP contribution is 2.41. The predicted molar refractivity (Wildman–Crippen MR) is 132 cm³/mol. The minimum Gasteiger partial charge on any atom is -0.490 e. The summed E-state index contributed by atoms with van der Waals surface area (Å²) in [5.41, 5.74) is 2.42. The fourth-order valence-corrected chi connectivity index (χ4v) is 3.93. The molecule has 0 bridgehead atoms. The van der Waals surface area contributed by atoms with Crippen molar-refractivity contribution < 1.29 is 28.5 Å². The average Bonchev–Trinajstić information content (AvgIpc) is 2.91. The third kappa shape index (κ3) is 4.94. The summed E-state index contributed by atoms with van der Waals surface area (Å²) < 4.78 is 22.1. The molecule has 3 aromatic carbocycles. The molecule has 35 heavy (non-hydrogen) atoms. The first-order chi connectivity index (χ1) is 17.1. The number of carbonyl (C=O) groups is 2. The van der Waals surface area contributed by atoms with Gasteiger partial charge in [-0.05, 0) is 59.2 Å². The van der Waals surface area contributed by atoms with Gasteiger partial charge in [0.15, 0.2) is 11.5 Å². The van der Waals surface area contributed by atoms with E-state index in [0.29, 0.717) is 46.6 Å². The third-order valence-corrected chi connectivity index (χ3v) is 5.51. The normalized spacial score (nSPS) is 10.6. The van der Waals surface area contributed by atoms with Gasteiger partial charge in [-0.25, -0.2) is 9.59 Å². The lowest BCUT2D eigenvalue weighted by Crippen LogP contribution is -2.14. The van der Waals surface area contributed by atoms with E-state index < -0.39 is 11.9 Å². The molecule has 0 atom stereocenters. The van der Waals surface area contributed by atoms with Crippen LogP contribution in [-0.2, 0) is 16.1 Å². The predicted octanol–water partition coefficient (Wildman–Crippen LogP) is 5.45. The smallest absolute Gasteiger partial charge is 0.339 e. The molecule has 7 heteroatoms. The molecule has 7 nitrogen and oxygen atoms in total. The molecule has 0 aliphatic rings. The maximum absolute atomic E-state index is 12.9. The van der Waals surface area contributed by atoms with Gasteiger partial charge in [-0.1, -0.05) is 30.3 Å². The molecule has 178 valence electrons. The quantitative estimate of drug-likeness (QED) is 0.316. The van der Waals surface area contributed by atoms with Crippen molar-refractivity contribution >= 4 is 22.7 Å². The number of fused-ring (bicyclic) bond motifs is 1. The fraction of sp³-hybridized carbons (Fsp3) is 0.179. The van der Waals surface area contributed by atoms with Crippen LogP contribution in [-0.4, -0.2) is 37.7 Å². The minimum atomic E-state index is -0.651. The lowest BCUT2D eigenvalue weighted by atomic mass is 9.89. The maximum Gasteiger partial charge on any atom is 0.339 e. The summed E-state index contributed by atoms with van der Waals surface area (Å²) >= 11 is 0. The summed E-state index contributed by atoms with van der Waals surface area (Å²) in [7, 11) is 2.54. The number of nitrogens with zero attached hydrogens (tertiary/aromatic N) is 1. The van der Waals surface area contributed by atoms with E-state index in [4.69, 9.17) is 18.9 Å². The molecule has 0 aliphatic heterocycles. The van der Waals surface area contributed by atoms with Gasteiger partial charge in [-0.2, -0.15) is 0 Å². The highest BCUT2D eigenvalue weighted by atomic mass is 16.5. The van der Waals surface area contributed by atoms with Crippen LogP contribution in [0.4, 0.5) is 0 Å². The lowest BCUT2D eigenvalue weighted by molar-refractivity contribution is 0.0556. The number of ether oxygens (including phenoxy) is 4. The van der Waals surface area contributed by atoms with Crippen molar-refractivity contribution in [2.24, 2.45) is 0 Å². The van der Waals surface area contributed by atoms with Crippen LogP contribution in [0.15, 0.2) is 73.1 Å². The largest absolute Gasteiger partial charge is 0.490 e. The Kier molecular flexibility index (Phi) is 7.26. The maximum atomic E-state index is 12.9. The van der Waals surface area contributed by atoms with Crippen LogP contribution in [0.1, 0.15) is 33.2 Å². The van der Waals surface area contributed by atoms with Crippen LogP contribution >= 0.6 is 0 Å². The zero-order valence-corrected chi connectivity index (χ0v) is 19.7. The molecule has 0 fully saturated rings. The Morgan fingerprint density at radius 1 is 0.829 bits per heavy atom. The number of hydrogen-bond acceptors (Lipinski definition) is 7. The first-order valence-electron chi connectivity index (χ1n) is 11.1. The third-order valence-electron chi connectivity index (χ3n) is 5.51. The number of carbonyl (C=O) groups excluding carboxylic acids is 2. The van der Waals surface area contributed by atoms with Crippen LogP contribution < -0.4 is 9.47 Å². The number of pyridine rings is 1. The molecular weight excluding hydrogens is 446 g/mol. The topological polar surface area (TPSA) is 84.0 Å². The lowest BCUT2D eigenvalue weighted by Gasteiger charge is -2.19. The zero-order valence-electron chi connectivity index (χ0n) is 19.7. The average molecular weight is 472 g/mol. The van der Waals surface area contributed by atoms with Crippen molar-refractivity contribution in [3.63, 3.8) is 0 Å². The number of aromatic nitrogens is 1. The number of rotatable bonds is 8. The van der Waals surface area contributed by atoms with Gasteiger partial charge >= 0.3 is 11.9 Å². The second-order valence-electron chi connectivity index (χ2n) is 7.62. The van der Waals surface area contributed by atoms with Crippen LogP contribution in [0, 0.1) is 0 Å². The molecule has 0 unspecified atom stereocenters. The van der Waals surface area contributed by atoms with Crippen LogP contribution in [0.3, 0.4) is 0 Å². The van der Waals surface area contributed by atoms with Crippen molar-refractivity contribution in [3.05, 3.63) is 89.7 Å². The molecule has 4 aromatic rings. The van der Waals surface area contributed by atoms with Crippen LogP contribution in [0.5, 0.6) is 11.5 Å². The molecule has 0 saturated heterocycles. The monoisotopic (exact) mass is 471 g/mol. The SMILES string of the molecule is CCOc1cc2c(-c3ccncc3)c(C(=O)OC)c(C(=O)OC)cc2cc1OCc1ccccc1. The molecule has 0 amide bonds. The summed E-state index contributed by atoms with van der Waals surface area (Å²) in [6.45, 7) is 2.64. The van der Waals surface area contributed by atoms with E-state index >= 15 is 0 Å². The van der Waals surface area contributed by atoms with Gasteiger partial charge < -0.3 is 18.9 Å². The molecule has 0 saturated carbocycles. The Morgan fingerprint density at radius 2 is 1.51 bits per heavy atom. The van der Waals surface area contributed by atoms with Gasteiger partial charge in [0.05, 0.1) is 32.0 Å². The number of hydrogen-bond donors (Lipinski definition) is 0. The van der Waals surface area contributed by atoms with E-state index in [-0.39, 0.29) is 11.1 Å². The number of esters is 2. The van der Waals surface area contributed by atoms with Crippen molar-refractivity contribution in [1.29, 1.82) is 0 Å². The molecule has 4 rings (SSSR count). The van der Waals surface area contributed by atoms with Crippen LogP contribution in [0.25, 0.3) is 21.9 Å². The highest BCUT2D eigenvalue weighted by Gasteiger charge is 2.27. The summed E-state index contributed by atoms with van der Waals surface area (Å²) in [5, 5.41) is 1.37. The summed E-state index contributed by atoms with van der Waals surface area (Å²) in [4.78, 5) is 29.8. The molecule has 0 N–H and O–H groups in total. The van der Waals surface area contributed by atoms with Gasteiger partial charge in [0.1, 0.15) is 6.61 Å². The van der Waals surface area contributed by atoms with E-state index in [2.05, 4.69) is 4.98 Å². The zero-order chi connectivity index (χ0) is 24.8. The van der Waals surface area contributed by atoms with E-state index in [9.17, 15) is 9.59 Å². The van der Waals surface area contributed by atoms with Gasteiger partial charge in [0, 0.05) is 18.0 Å². The minimum absolute atomic E-state index is 0.0943. The Hall–Kier alpha value is -4.39. The number of methoxy groups -OCH3 is 2. The van der Waals surface area contributed by atoms with E-state index in [0.717, 1.165) is 5.56 Å². The second kappa shape index (κ2) is 10.7. The van der Waals surface area contributed by atoms with Crippen LogP contribution in [0.2, 0.25) is 0 Å². The second-order valence-corrected chi connectivity index (χ2v) is 7.62. The Bertz CT molecular complexity index is 1350. The Morgan fingerprint density at radius 3 is 2.17 bits per heavy atom. The first kappa shape index (κ1) is 23.8. The molecule has 0 radical (unpaired) electrons. The van der Waals surface area contributed by atoms with Gasteiger partial charge in [-0.3, -0.25) is 4.98 Å². The Labute approximate surface area is 203 Å². The molecule has 0 aliphatic carbocycles. The summed E-state index contributed by atoms with van der Waals surface area (Å²) in [5.74, 6) is -0.261. The van der Waals surface area contributed by atoms with E-state index in [1.165, 1.54) is 14.2 Å². The van der Waals surface area contributed by atoms with Crippen molar-refractivity contribution in [2.45, 2.75) is 13.5 Å². The van der Waals surface area contributed by atoms with Gasteiger partial charge in [0.25, 0.3) is 0 Å². The summed E-state index contributed by atoms with van der Waals surface area (Å²) in [6, 6.07) is 18.6. The summed E-state index contributed by atoms with van der Waals surface area (Å²) in [6.07, 6.45) is 3.24. The molecule has 1 aromatic heterocycles. The van der Waals surface area contributed by atoms with E-state index in [1.54, 1.807) is 36.7 Å². The Balaban J connectivity index is 1.99. The first-order valence-corrected chi connectivity index (χ1v) is 11.1.